The zero-order chi connectivity index (χ0) is 27.1. The zero-order valence-electron chi connectivity index (χ0n) is 21.9. The summed E-state index contributed by atoms with van der Waals surface area (Å²) in [7, 11) is 0. The van der Waals surface area contributed by atoms with Crippen LogP contribution in [0, 0.1) is 0 Å². The third kappa shape index (κ3) is 4.74. The number of imide groups is 1. The van der Waals surface area contributed by atoms with Crippen LogP contribution in [0.1, 0.15) is 72.0 Å². The van der Waals surface area contributed by atoms with Crippen LogP contribution in [-0.2, 0) is 32.8 Å². The fourth-order valence-corrected chi connectivity index (χ4v) is 6.94. The first-order valence-corrected chi connectivity index (χ1v) is 14.3. The summed E-state index contributed by atoms with van der Waals surface area (Å²) in [6, 6.07) is 11.0. The van der Waals surface area contributed by atoms with Crippen LogP contribution in [0.15, 0.2) is 36.4 Å². The van der Waals surface area contributed by atoms with Gasteiger partial charge in [0.15, 0.2) is 0 Å². The van der Waals surface area contributed by atoms with Gasteiger partial charge in [-0.25, -0.2) is 0 Å². The highest BCUT2D eigenvalue weighted by atomic mass is 35.5. The number of nitrogens with one attached hydrogen (secondary N) is 2. The molecule has 2 fully saturated rings. The molecule has 6 rings (SSSR count). The van der Waals surface area contributed by atoms with Crippen LogP contribution in [0.5, 0.6) is 0 Å². The number of amides is 4. The number of fused-ring (bicyclic) bond motifs is 3. The number of halogens is 1. The lowest BCUT2D eigenvalue weighted by molar-refractivity contribution is -0.137. The largest absolute Gasteiger partial charge is 0.325 e. The molecule has 2 saturated heterocycles. The monoisotopic (exact) mass is 548 g/mol. The van der Waals surface area contributed by atoms with Crippen LogP contribution in [-0.4, -0.2) is 59.1 Å². The number of rotatable bonds is 7. The number of unbranched alkanes of at least 4 members (excludes halogenated alkanes) is 2. The average Bonchev–Trinajstić information content (AvgIpc) is 3.38. The molecule has 2 aromatic rings. The Morgan fingerprint density at radius 1 is 0.974 bits per heavy atom. The third-order valence-corrected chi connectivity index (χ3v) is 9.22. The van der Waals surface area contributed by atoms with Gasteiger partial charge in [-0.1, -0.05) is 36.2 Å². The number of hydrogen-bond acceptors (Lipinski definition) is 5. The molecular formula is C30H33ClN4O4. The molecule has 0 radical (unpaired) electrons. The normalized spacial score (nSPS) is 22.2. The van der Waals surface area contributed by atoms with Crippen molar-refractivity contribution in [1.29, 1.82) is 0 Å². The third-order valence-electron chi connectivity index (χ3n) is 8.99. The first kappa shape index (κ1) is 26.0. The standard InChI is InChI=1S/C30H33ClN4O4/c31-20-8-9-23-24(17-20)32-29(39)30(23)12-15-34(16-13-30)14-3-1-2-5-19-6-4-7-21-22(19)18-35(28(21)38)25-10-11-26(36)33-27(25)37/h4,6-9,17,25H,1-3,5,10-16,18H2,(H,32,39)(H,33,36,37). The van der Waals surface area contributed by atoms with Crippen molar-refractivity contribution in [3.05, 3.63) is 63.7 Å². The molecule has 4 amide bonds. The molecule has 0 saturated carbocycles. The van der Waals surface area contributed by atoms with Gasteiger partial charge in [-0.05, 0) is 93.0 Å². The van der Waals surface area contributed by atoms with Crippen molar-refractivity contribution in [3.63, 3.8) is 0 Å². The van der Waals surface area contributed by atoms with E-state index in [1.54, 1.807) is 4.90 Å². The Labute approximate surface area is 233 Å². The lowest BCUT2D eigenvalue weighted by atomic mass is 9.73. The molecule has 4 aliphatic rings. The van der Waals surface area contributed by atoms with Crippen molar-refractivity contribution in [3.8, 4) is 0 Å². The van der Waals surface area contributed by atoms with Gasteiger partial charge < -0.3 is 15.1 Å². The zero-order valence-corrected chi connectivity index (χ0v) is 22.7. The molecule has 0 aromatic heterocycles. The summed E-state index contributed by atoms with van der Waals surface area (Å²) in [6.07, 6.45) is 6.36. The minimum atomic E-state index is -0.583. The molecule has 0 bridgehead atoms. The highest BCUT2D eigenvalue weighted by Gasteiger charge is 2.48. The van der Waals surface area contributed by atoms with Gasteiger partial charge in [-0.2, -0.15) is 0 Å². The van der Waals surface area contributed by atoms with Crippen LogP contribution in [0.2, 0.25) is 5.02 Å². The van der Waals surface area contributed by atoms with E-state index in [0.29, 0.717) is 23.6 Å². The van der Waals surface area contributed by atoms with Gasteiger partial charge in [0, 0.05) is 29.2 Å². The predicted octanol–water partition coefficient (Wildman–Crippen LogP) is 3.80. The van der Waals surface area contributed by atoms with Gasteiger partial charge in [0.2, 0.25) is 17.7 Å². The van der Waals surface area contributed by atoms with Gasteiger partial charge in [0.05, 0.1) is 5.41 Å². The second kappa shape index (κ2) is 10.4. The Morgan fingerprint density at radius 2 is 1.79 bits per heavy atom. The second-order valence-corrected chi connectivity index (χ2v) is 11.7. The Hall–Kier alpha value is -3.23. The van der Waals surface area contributed by atoms with Crippen LogP contribution in [0.4, 0.5) is 5.69 Å². The van der Waals surface area contributed by atoms with Crippen LogP contribution in [0.25, 0.3) is 0 Å². The average molecular weight is 549 g/mol. The maximum atomic E-state index is 13.0. The van der Waals surface area contributed by atoms with Crippen LogP contribution >= 0.6 is 11.6 Å². The lowest BCUT2D eigenvalue weighted by Gasteiger charge is -2.38. The molecule has 8 nitrogen and oxygen atoms in total. The van der Waals surface area contributed by atoms with E-state index in [4.69, 9.17) is 11.6 Å². The first-order valence-electron chi connectivity index (χ1n) is 13.9. The Bertz CT molecular complexity index is 1350. The van der Waals surface area contributed by atoms with E-state index in [1.165, 1.54) is 5.56 Å². The van der Waals surface area contributed by atoms with E-state index in [2.05, 4.69) is 21.6 Å². The molecule has 204 valence electrons. The fraction of sp³-hybridized carbons (Fsp3) is 0.467. The fourth-order valence-electron chi connectivity index (χ4n) is 6.77. The van der Waals surface area contributed by atoms with Crippen molar-refractivity contribution < 1.29 is 19.2 Å². The van der Waals surface area contributed by atoms with E-state index in [-0.39, 0.29) is 30.0 Å². The smallest absolute Gasteiger partial charge is 0.255 e. The maximum absolute atomic E-state index is 13.0. The van der Waals surface area contributed by atoms with Crippen molar-refractivity contribution in [2.45, 2.75) is 69.4 Å². The minimum Gasteiger partial charge on any atom is -0.325 e. The van der Waals surface area contributed by atoms with E-state index < -0.39 is 11.5 Å². The minimum absolute atomic E-state index is 0.101. The Kier molecular flexibility index (Phi) is 6.93. The molecule has 39 heavy (non-hydrogen) atoms. The summed E-state index contributed by atoms with van der Waals surface area (Å²) in [5, 5.41) is 6.04. The summed E-state index contributed by atoms with van der Waals surface area (Å²) in [5.74, 6) is -0.667. The number of carbonyl (C=O) groups excluding carboxylic acids is 4. The molecule has 2 aromatic carbocycles. The lowest BCUT2D eigenvalue weighted by Crippen LogP contribution is -2.52. The van der Waals surface area contributed by atoms with E-state index in [9.17, 15) is 19.2 Å². The number of aryl methyl sites for hydroxylation is 1. The Balaban J connectivity index is 0.983. The van der Waals surface area contributed by atoms with Crippen LogP contribution in [0.3, 0.4) is 0 Å². The number of carbonyl (C=O) groups is 4. The maximum Gasteiger partial charge on any atom is 0.255 e. The number of anilines is 1. The molecule has 9 heteroatoms. The number of likely N-dealkylation sites (tertiary alicyclic amines) is 1. The van der Waals surface area contributed by atoms with Crippen molar-refractivity contribution in [2.24, 2.45) is 0 Å². The SMILES string of the molecule is O=C1CCC(N2Cc3c(CCCCCN4CCC5(CC4)C(=O)Nc4cc(Cl)ccc45)cccc3C2=O)C(=O)N1. The van der Waals surface area contributed by atoms with E-state index in [1.807, 2.05) is 30.3 Å². The number of benzene rings is 2. The summed E-state index contributed by atoms with van der Waals surface area (Å²) in [5.41, 5.74) is 4.38. The summed E-state index contributed by atoms with van der Waals surface area (Å²) in [4.78, 5) is 53.9. The van der Waals surface area contributed by atoms with Gasteiger partial charge >= 0.3 is 0 Å². The summed E-state index contributed by atoms with van der Waals surface area (Å²) < 4.78 is 0. The van der Waals surface area contributed by atoms with E-state index in [0.717, 1.165) is 75.0 Å². The number of piperidine rings is 2. The number of nitrogens with zero attached hydrogens (tertiary/aromatic N) is 2. The van der Waals surface area contributed by atoms with Gasteiger partial charge in [-0.15, -0.1) is 0 Å². The van der Waals surface area contributed by atoms with Crippen molar-refractivity contribution >= 4 is 40.9 Å². The van der Waals surface area contributed by atoms with Crippen molar-refractivity contribution in [1.82, 2.24) is 15.1 Å². The van der Waals surface area contributed by atoms with Crippen molar-refractivity contribution in [2.75, 3.05) is 25.0 Å². The molecular weight excluding hydrogens is 516 g/mol. The number of hydrogen-bond donors (Lipinski definition) is 2. The highest BCUT2D eigenvalue weighted by Crippen LogP contribution is 2.45. The molecule has 1 atom stereocenters. The molecule has 2 N–H and O–H groups in total. The highest BCUT2D eigenvalue weighted by molar-refractivity contribution is 6.31. The first-order chi connectivity index (χ1) is 18.9. The quantitative estimate of drug-likeness (QED) is 0.405. The predicted molar refractivity (Wildman–Crippen MR) is 147 cm³/mol. The summed E-state index contributed by atoms with van der Waals surface area (Å²) >= 11 is 6.12. The van der Waals surface area contributed by atoms with Gasteiger partial charge in [0.1, 0.15) is 6.04 Å². The van der Waals surface area contributed by atoms with Gasteiger partial charge in [-0.3, -0.25) is 24.5 Å². The molecule has 0 aliphatic carbocycles. The van der Waals surface area contributed by atoms with Crippen LogP contribution < -0.4 is 10.6 Å². The molecule has 1 spiro atoms. The molecule has 4 aliphatic heterocycles. The molecule has 1 unspecified atom stereocenters. The second-order valence-electron chi connectivity index (χ2n) is 11.2. The topological polar surface area (TPSA) is 98.8 Å². The summed E-state index contributed by atoms with van der Waals surface area (Å²) in [6.45, 7) is 3.24. The van der Waals surface area contributed by atoms with E-state index >= 15 is 0 Å². The Morgan fingerprint density at radius 3 is 2.59 bits per heavy atom. The molecule has 4 heterocycles. The van der Waals surface area contributed by atoms with Gasteiger partial charge in [0.25, 0.3) is 5.91 Å².